The minimum Gasteiger partial charge on any atom is -0.480 e. The van der Waals surface area contributed by atoms with Gasteiger partial charge in [-0.15, -0.1) is 0 Å². The number of rotatable bonds is 6. The molecule has 9 nitrogen and oxygen atoms in total. The van der Waals surface area contributed by atoms with Crippen molar-refractivity contribution in [2.24, 2.45) is 0 Å². The predicted molar refractivity (Wildman–Crippen MR) is 124 cm³/mol. The highest BCUT2D eigenvalue weighted by molar-refractivity contribution is 6.40. The smallest absolute Gasteiger partial charge is 0.262 e. The van der Waals surface area contributed by atoms with Gasteiger partial charge in [0.15, 0.2) is 0 Å². The summed E-state index contributed by atoms with van der Waals surface area (Å²) in [4.78, 5) is 23.6. The molecule has 32 heavy (non-hydrogen) atoms. The van der Waals surface area contributed by atoms with Gasteiger partial charge in [0.05, 0.1) is 40.8 Å². The van der Waals surface area contributed by atoms with Gasteiger partial charge in [-0.25, -0.2) is 4.98 Å². The molecule has 1 aliphatic heterocycles. The molecule has 2 N–H and O–H groups in total. The molecule has 0 spiro atoms. The summed E-state index contributed by atoms with van der Waals surface area (Å²) < 4.78 is 7.28. The number of anilines is 3. The van der Waals surface area contributed by atoms with Gasteiger partial charge in [0.1, 0.15) is 5.56 Å². The van der Waals surface area contributed by atoms with E-state index >= 15 is 0 Å². The van der Waals surface area contributed by atoms with E-state index in [1.807, 2.05) is 10.9 Å². The Morgan fingerprint density at radius 1 is 1.19 bits per heavy atom. The third-order valence-electron chi connectivity index (χ3n) is 5.31. The molecule has 0 bridgehead atoms. The number of benzene rings is 1. The van der Waals surface area contributed by atoms with Crippen molar-refractivity contribution >= 4 is 46.4 Å². The fraction of sp³-hybridized carbons (Fsp3) is 0.333. The van der Waals surface area contributed by atoms with Crippen molar-refractivity contribution in [1.29, 1.82) is 0 Å². The first kappa shape index (κ1) is 22.3. The van der Waals surface area contributed by atoms with Gasteiger partial charge < -0.3 is 20.3 Å². The summed E-state index contributed by atoms with van der Waals surface area (Å²) in [6.07, 6.45) is 7.16. The molecule has 0 atom stereocenters. The van der Waals surface area contributed by atoms with Crippen LogP contribution in [0, 0.1) is 0 Å². The van der Waals surface area contributed by atoms with E-state index in [-0.39, 0.29) is 17.4 Å². The van der Waals surface area contributed by atoms with Gasteiger partial charge in [0, 0.05) is 12.4 Å². The minimum atomic E-state index is -0.488. The van der Waals surface area contributed by atoms with Crippen LogP contribution in [0.5, 0.6) is 5.88 Å². The van der Waals surface area contributed by atoms with Gasteiger partial charge in [0.2, 0.25) is 11.8 Å². The lowest BCUT2D eigenvalue weighted by molar-refractivity contribution is 0.102. The van der Waals surface area contributed by atoms with E-state index in [0.29, 0.717) is 21.8 Å². The zero-order chi connectivity index (χ0) is 22.7. The van der Waals surface area contributed by atoms with Crippen LogP contribution in [0.1, 0.15) is 29.2 Å². The number of carbonyl (C=O) groups is 1. The quantitative estimate of drug-likeness (QED) is 0.549. The van der Waals surface area contributed by atoms with E-state index in [2.05, 4.69) is 37.6 Å². The average molecular weight is 476 g/mol. The number of likely N-dealkylation sites (tertiary alicyclic amines) is 1. The number of hydrogen-bond acceptors (Lipinski definition) is 7. The van der Waals surface area contributed by atoms with Crippen LogP contribution < -0.4 is 15.4 Å². The Morgan fingerprint density at radius 2 is 1.91 bits per heavy atom. The zero-order valence-electron chi connectivity index (χ0n) is 17.7. The summed E-state index contributed by atoms with van der Waals surface area (Å²) in [5.41, 5.74) is 1.22. The van der Waals surface area contributed by atoms with Crippen molar-refractivity contribution in [3.63, 3.8) is 0 Å². The fourth-order valence-electron chi connectivity index (χ4n) is 3.53. The molecule has 11 heteroatoms. The van der Waals surface area contributed by atoms with Gasteiger partial charge in [-0.3, -0.25) is 9.48 Å². The molecule has 2 aromatic heterocycles. The molecule has 168 valence electrons. The summed E-state index contributed by atoms with van der Waals surface area (Å²) in [7, 11) is 3.56. The lowest BCUT2D eigenvalue weighted by Gasteiger charge is -2.28. The van der Waals surface area contributed by atoms with Crippen LogP contribution in [0.15, 0.2) is 36.8 Å². The van der Waals surface area contributed by atoms with Gasteiger partial charge in [-0.2, -0.15) is 10.1 Å². The summed E-state index contributed by atoms with van der Waals surface area (Å²) in [5.74, 6) is -0.0820. The first-order valence-corrected chi connectivity index (χ1v) is 10.9. The second-order valence-corrected chi connectivity index (χ2v) is 8.35. The first-order valence-electron chi connectivity index (χ1n) is 10.1. The van der Waals surface area contributed by atoms with Crippen molar-refractivity contribution in [2.75, 3.05) is 37.9 Å². The number of hydrogen-bond donors (Lipinski definition) is 2. The summed E-state index contributed by atoms with van der Waals surface area (Å²) >= 11 is 12.3. The third-order valence-corrected chi connectivity index (χ3v) is 5.94. The molecule has 4 rings (SSSR count). The third kappa shape index (κ3) is 4.95. The van der Waals surface area contributed by atoms with Crippen LogP contribution in [0.2, 0.25) is 10.0 Å². The molecular formula is C21H23Cl2N7O2. The Labute approximate surface area is 195 Å². The highest BCUT2D eigenvalue weighted by atomic mass is 35.5. The van der Waals surface area contributed by atoms with Crippen molar-refractivity contribution in [2.45, 2.75) is 18.9 Å². The summed E-state index contributed by atoms with van der Waals surface area (Å²) in [6.45, 7) is 2.10. The Kier molecular flexibility index (Phi) is 6.78. The van der Waals surface area contributed by atoms with Crippen LogP contribution in [0.25, 0.3) is 0 Å². The molecule has 1 saturated heterocycles. The number of aromatic nitrogens is 4. The summed E-state index contributed by atoms with van der Waals surface area (Å²) in [6, 6.07) is 5.34. The number of carbonyl (C=O) groups excluding carboxylic acids is 1. The maximum absolute atomic E-state index is 12.7. The highest BCUT2D eigenvalue weighted by Gasteiger charge is 2.20. The van der Waals surface area contributed by atoms with Crippen molar-refractivity contribution in [1.82, 2.24) is 24.6 Å². The monoisotopic (exact) mass is 475 g/mol. The van der Waals surface area contributed by atoms with Gasteiger partial charge in [0.25, 0.3) is 5.91 Å². The molecule has 0 unspecified atom stereocenters. The van der Waals surface area contributed by atoms with E-state index in [1.54, 1.807) is 24.4 Å². The van der Waals surface area contributed by atoms with Crippen LogP contribution in [0.4, 0.5) is 17.3 Å². The predicted octanol–water partition coefficient (Wildman–Crippen LogP) is 4.25. The summed E-state index contributed by atoms with van der Waals surface area (Å²) in [5, 5.41) is 10.9. The zero-order valence-corrected chi connectivity index (χ0v) is 19.2. The molecule has 0 saturated carbocycles. The first-order chi connectivity index (χ1) is 15.4. The lowest BCUT2D eigenvalue weighted by atomic mass is 10.1. The van der Waals surface area contributed by atoms with Crippen LogP contribution in [0.3, 0.4) is 0 Å². The highest BCUT2D eigenvalue weighted by Crippen LogP contribution is 2.31. The number of para-hydroxylation sites is 1. The van der Waals surface area contributed by atoms with Crippen LogP contribution >= 0.6 is 23.2 Å². The van der Waals surface area contributed by atoms with Crippen molar-refractivity contribution in [3.05, 3.63) is 52.4 Å². The standard InChI is InChI=1S/C21H23Cl2N7O2/c1-29-8-6-14(7-9-29)30-12-13(10-25-30)26-21-24-11-15(20(28-21)32-2)19(31)27-18-16(22)4-3-5-17(18)23/h3-5,10-12,14H,6-9H2,1-2H3,(H,27,31)(H,24,26,28). The van der Waals surface area contributed by atoms with E-state index in [1.165, 1.54) is 13.3 Å². The number of nitrogens with one attached hydrogen (secondary N) is 2. The number of methoxy groups -OCH3 is 1. The second kappa shape index (κ2) is 9.72. The molecule has 3 aromatic rings. The molecule has 1 aromatic carbocycles. The molecule has 3 heterocycles. The maximum Gasteiger partial charge on any atom is 0.262 e. The van der Waals surface area contributed by atoms with Gasteiger partial charge in [-0.1, -0.05) is 29.3 Å². The van der Waals surface area contributed by atoms with Crippen molar-refractivity contribution < 1.29 is 9.53 Å². The molecule has 0 aliphatic carbocycles. The normalized spacial score (nSPS) is 14.9. The number of nitrogens with zero attached hydrogens (tertiary/aromatic N) is 5. The Balaban J connectivity index is 1.47. The topological polar surface area (TPSA) is 97.2 Å². The number of ether oxygens (including phenoxy) is 1. The molecule has 1 amide bonds. The number of halogens is 2. The number of piperidine rings is 1. The SMILES string of the molecule is COc1nc(Nc2cnn(C3CCN(C)CC3)c2)ncc1C(=O)Nc1c(Cl)cccc1Cl. The molecular weight excluding hydrogens is 453 g/mol. The van der Waals surface area contributed by atoms with E-state index in [0.717, 1.165) is 31.6 Å². The average Bonchev–Trinajstić information content (AvgIpc) is 3.25. The molecule has 0 radical (unpaired) electrons. The minimum absolute atomic E-state index is 0.117. The van der Waals surface area contributed by atoms with Crippen LogP contribution in [-0.4, -0.2) is 57.8 Å². The lowest BCUT2D eigenvalue weighted by Crippen LogP contribution is -2.31. The number of amides is 1. The maximum atomic E-state index is 12.7. The van der Waals surface area contributed by atoms with E-state index in [4.69, 9.17) is 27.9 Å². The van der Waals surface area contributed by atoms with E-state index in [9.17, 15) is 4.79 Å². The molecule has 1 aliphatic rings. The second-order valence-electron chi connectivity index (χ2n) is 7.54. The molecule has 1 fully saturated rings. The largest absolute Gasteiger partial charge is 0.480 e. The van der Waals surface area contributed by atoms with Gasteiger partial charge >= 0.3 is 0 Å². The Bertz CT molecular complexity index is 1090. The van der Waals surface area contributed by atoms with Crippen LogP contribution in [-0.2, 0) is 0 Å². The van der Waals surface area contributed by atoms with Gasteiger partial charge in [-0.05, 0) is 45.1 Å². The van der Waals surface area contributed by atoms with Crippen molar-refractivity contribution in [3.8, 4) is 5.88 Å². The Hall–Kier alpha value is -2.88. The Morgan fingerprint density at radius 3 is 2.59 bits per heavy atom. The fourth-order valence-corrected chi connectivity index (χ4v) is 4.02. The van der Waals surface area contributed by atoms with E-state index < -0.39 is 5.91 Å².